The van der Waals surface area contributed by atoms with E-state index in [9.17, 15) is 4.79 Å². The van der Waals surface area contributed by atoms with Gasteiger partial charge in [0.15, 0.2) is 6.61 Å². The average Bonchev–Trinajstić information content (AvgIpc) is 2.53. The number of anilines is 1. The molecule has 4 heteroatoms. The lowest BCUT2D eigenvalue weighted by molar-refractivity contribution is -0.118. The molecule has 1 unspecified atom stereocenters. The number of nitrogens with one attached hydrogen (secondary N) is 2. The van der Waals surface area contributed by atoms with Crippen LogP contribution in [0.15, 0.2) is 54.6 Å². The summed E-state index contributed by atoms with van der Waals surface area (Å²) in [4.78, 5) is 11.8. The molecule has 2 N–H and O–H groups in total. The van der Waals surface area contributed by atoms with Gasteiger partial charge in [-0.1, -0.05) is 30.3 Å². The van der Waals surface area contributed by atoms with Gasteiger partial charge in [0.05, 0.1) is 0 Å². The molecule has 0 aliphatic heterocycles. The Morgan fingerprint density at radius 3 is 2.38 bits per heavy atom. The van der Waals surface area contributed by atoms with E-state index < -0.39 is 0 Å². The molecule has 110 valence electrons. The molecule has 0 heterocycles. The molecule has 0 saturated heterocycles. The van der Waals surface area contributed by atoms with Crippen LogP contribution in [0, 0.1) is 0 Å². The minimum absolute atomic E-state index is 0.00414. The van der Waals surface area contributed by atoms with Crippen molar-refractivity contribution in [3.63, 3.8) is 0 Å². The Morgan fingerprint density at radius 1 is 1.10 bits per heavy atom. The van der Waals surface area contributed by atoms with Crippen LogP contribution in [-0.2, 0) is 4.79 Å². The van der Waals surface area contributed by atoms with Crippen LogP contribution in [-0.4, -0.2) is 19.6 Å². The third kappa shape index (κ3) is 4.61. The van der Waals surface area contributed by atoms with Crippen molar-refractivity contribution in [3.05, 3.63) is 60.2 Å². The van der Waals surface area contributed by atoms with E-state index in [2.05, 4.69) is 17.6 Å². The molecule has 4 nitrogen and oxygen atoms in total. The first-order chi connectivity index (χ1) is 10.2. The molecule has 0 aliphatic rings. The maximum Gasteiger partial charge on any atom is 0.262 e. The molecule has 0 aromatic heterocycles. The van der Waals surface area contributed by atoms with E-state index in [0.717, 1.165) is 5.69 Å². The number of benzene rings is 2. The molecule has 21 heavy (non-hydrogen) atoms. The summed E-state index contributed by atoms with van der Waals surface area (Å²) < 4.78 is 5.48. The van der Waals surface area contributed by atoms with E-state index >= 15 is 0 Å². The van der Waals surface area contributed by atoms with Crippen LogP contribution in [0.5, 0.6) is 5.75 Å². The van der Waals surface area contributed by atoms with Gasteiger partial charge in [0.2, 0.25) is 0 Å². The van der Waals surface area contributed by atoms with Crippen LogP contribution in [0.25, 0.3) is 0 Å². The number of rotatable bonds is 6. The SMILES string of the molecule is CNC(C)c1ccc(OCC(=O)Nc2ccccc2)cc1. The summed E-state index contributed by atoms with van der Waals surface area (Å²) in [6.07, 6.45) is 0. The summed E-state index contributed by atoms with van der Waals surface area (Å²) in [6.45, 7) is 2.08. The molecule has 2 rings (SSSR count). The summed E-state index contributed by atoms with van der Waals surface area (Å²) in [7, 11) is 1.92. The van der Waals surface area contributed by atoms with E-state index in [1.807, 2.05) is 61.6 Å². The first-order valence-corrected chi connectivity index (χ1v) is 6.94. The summed E-state index contributed by atoms with van der Waals surface area (Å²) >= 11 is 0. The Kier molecular flexibility index (Phi) is 5.35. The van der Waals surface area contributed by atoms with Crippen LogP contribution in [0.3, 0.4) is 0 Å². The van der Waals surface area contributed by atoms with E-state index in [1.165, 1.54) is 5.56 Å². The summed E-state index contributed by atoms with van der Waals surface area (Å²) in [5.41, 5.74) is 1.95. The second-order valence-electron chi connectivity index (χ2n) is 4.78. The topological polar surface area (TPSA) is 50.4 Å². The fourth-order valence-corrected chi connectivity index (χ4v) is 1.89. The Bertz CT molecular complexity index is 567. The van der Waals surface area contributed by atoms with Gasteiger partial charge >= 0.3 is 0 Å². The molecule has 0 saturated carbocycles. The molecule has 1 atom stereocenters. The normalized spacial score (nSPS) is 11.7. The highest BCUT2D eigenvalue weighted by atomic mass is 16.5. The van der Waals surface area contributed by atoms with Crippen molar-refractivity contribution in [2.45, 2.75) is 13.0 Å². The zero-order valence-corrected chi connectivity index (χ0v) is 12.3. The van der Waals surface area contributed by atoms with Gasteiger partial charge in [0.1, 0.15) is 5.75 Å². The third-order valence-electron chi connectivity index (χ3n) is 3.24. The van der Waals surface area contributed by atoms with Gasteiger partial charge in [-0.2, -0.15) is 0 Å². The summed E-state index contributed by atoms with van der Waals surface area (Å²) in [5, 5.41) is 5.95. The van der Waals surface area contributed by atoms with Gasteiger partial charge in [0, 0.05) is 11.7 Å². The van der Waals surface area contributed by atoms with E-state index in [-0.39, 0.29) is 12.5 Å². The van der Waals surface area contributed by atoms with Crippen LogP contribution in [0.1, 0.15) is 18.5 Å². The molecule has 0 spiro atoms. The highest BCUT2D eigenvalue weighted by molar-refractivity contribution is 5.91. The van der Waals surface area contributed by atoms with Crippen molar-refractivity contribution in [2.24, 2.45) is 0 Å². The monoisotopic (exact) mass is 284 g/mol. The lowest BCUT2D eigenvalue weighted by atomic mass is 10.1. The fourth-order valence-electron chi connectivity index (χ4n) is 1.89. The third-order valence-corrected chi connectivity index (χ3v) is 3.24. The first kappa shape index (κ1) is 15.1. The second-order valence-corrected chi connectivity index (χ2v) is 4.78. The Hall–Kier alpha value is -2.33. The van der Waals surface area contributed by atoms with Gasteiger partial charge in [0.25, 0.3) is 5.91 Å². The smallest absolute Gasteiger partial charge is 0.262 e. The van der Waals surface area contributed by atoms with Crippen molar-refractivity contribution in [1.82, 2.24) is 5.32 Å². The van der Waals surface area contributed by atoms with Crippen LogP contribution in [0.4, 0.5) is 5.69 Å². The molecule has 0 fully saturated rings. The van der Waals surface area contributed by atoms with Gasteiger partial charge in [-0.05, 0) is 43.8 Å². The lowest BCUT2D eigenvalue weighted by Gasteiger charge is -2.12. The van der Waals surface area contributed by atoms with Crippen LogP contribution < -0.4 is 15.4 Å². The predicted octanol–water partition coefficient (Wildman–Crippen LogP) is 2.98. The minimum atomic E-state index is -0.172. The lowest BCUT2D eigenvalue weighted by Crippen LogP contribution is -2.20. The van der Waals surface area contributed by atoms with Crippen molar-refractivity contribution in [2.75, 3.05) is 19.0 Å². The van der Waals surface area contributed by atoms with E-state index in [0.29, 0.717) is 11.8 Å². The van der Waals surface area contributed by atoms with Crippen LogP contribution >= 0.6 is 0 Å². The zero-order chi connectivity index (χ0) is 15.1. The van der Waals surface area contributed by atoms with Crippen molar-refractivity contribution >= 4 is 11.6 Å². The van der Waals surface area contributed by atoms with Gasteiger partial charge in [-0.15, -0.1) is 0 Å². The molecule has 0 radical (unpaired) electrons. The number of hydrogen-bond acceptors (Lipinski definition) is 3. The molecule has 0 bridgehead atoms. The zero-order valence-electron chi connectivity index (χ0n) is 12.3. The predicted molar refractivity (Wildman–Crippen MR) is 84.5 cm³/mol. The second kappa shape index (κ2) is 7.45. The van der Waals surface area contributed by atoms with Crippen molar-refractivity contribution in [3.8, 4) is 5.75 Å². The van der Waals surface area contributed by atoms with Crippen molar-refractivity contribution in [1.29, 1.82) is 0 Å². The molecule has 2 aromatic rings. The van der Waals surface area contributed by atoms with E-state index in [4.69, 9.17) is 4.74 Å². The maximum atomic E-state index is 11.8. The van der Waals surface area contributed by atoms with E-state index in [1.54, 1.807) is 0 Å². The molecular weight excluding hydrogens is 264 g/mol. The first-order valence-electron chi connectivity index (χ1n) is 6.94. The van der Waals surface area contributed by atoms with Gasteiger partial charge in [-0.3, -0.25) is 4.79 Å². The highest BCUT2D eigenvalue weighted by Crippen LogP contribution is 2.17. The average molecular weight is 284 g/mol. The highest BCUT2D eigenvalue weighted by Gasteiger charge is 2.05. The molecular formula is C17H20N2O2. The standard InChI is InChI=1S/C17H20N2O2/c1-13(18-2)14-8-10-16(11-9-14)21-12-17(20)19-15-6-4-3-5-7-15/h3-11,13,18H,12H2,1-2H3,(H,19,20). The Balaban J connectivity index is 1.84. The molecule has 1 amide bonds. The van der Waals surface area contributed by atoms with Gasteiger partial charge in [-0.25, -0.2) is 0 Å². The maximum absolute atomic E-state index is 11.8. The molecule has 2 aromatic carbocycles. The van der Waals surface area contributed by atoms with Crippen LogP contribution in [0.2, 0.25) is 0 Å². The largest absolute Gasteiger partial charge is 0.484 e. The fraction of sp³-hybridized carbons (Fsp3) is 0.235. The number of ether oxygens (including phenoxy) is 1. The van der Waals surface area contributed by atoms with Gasteiger partial charge < -0.3 is 15.4 Å². The number of amides is 1. The summed E-state index contributed by atoms with van der Waals surface area (Å²) in [6, 6.07) is 17.4. The number of carbonyl (C=O) groups is 1. The minimum Gasteiger partial charge on any atom is -0.484 e. The quantitative estimate of drug-likeness (QED) is 0.857. The number of carbonyl (C=O) groups excluding carboxylic acids is 1. The Labute approximate surface area is 125 Å². The molecule has 0 aliphatic carbocycles. The number of hydrogen-bond donors (Lipinski definition) is 2. The summed E-state index contributed by atoms with van der Waals surface area (Å²) in [5.74, 6) is 0.513. The number of para-hydroxylation sites is 1. The Morgan fingerprint density at radius 2 is 1.76 bits per heavy atom. The van der Waals surface area contributed by atoms with Crippen molar-refractivity contribution < 1.29 is 9.53 Å².